The van der Waals surface area contributed by atoms with Crippen molar-refractivity contribution >= 4 is 16.5 Å². The zero-order valence-corrected chi connectivity index (χ0v) is 10.4. The largest absolute Gasteiger partial charge is 0.383 e. The molecule has 0 radical (unpaired) electrons. The number of nitrogens with one attached hydrogen (secondary N) is 1. The highest BCUT2D eigenvalue weighted by atomic mass is 32.1. The van der Waals surface area contributed by atoms with Crippen LogP contribution in [0.3, 0.4) is 0 Å². The molecule has 5 nitrogen and oxygen atoms in total. The van der Waals surface area contributed by atoms with Gasteiger partial charge in [0.1, 0.15) is 5.51 Å². The molecule has 1 N–H and O–H groups in total. The van der Waals surface area contributed by atoms with E-state index in [-0.39, 0.29) is 0 Å². The maximum Gasteiger partial charge on any atom is 0.208 e. The molecule has 2 rings (SSSR count). The predicted molar refractivity (Wildman–Crippen MR) is 65.0 cm³/mol. The van der Waals surface area contributed by atoms with Crippen molar-refractivity contribution in [1.82, 2.24) is 15.5 Å². The van der Waals surface area contributed by atoms with E-state index in [0.717, 1.165) is 31.4 Å². The summed E-state index contributed by atoms with van der Waals surface area (Å²) in [5.74, 6) is 0. The lowest BCUT2D eigenvalue weighted by atomic mass is 10.2. The van der Waals surface area contributed by atoms with Crippen molar-refractivity contribution in [3.05, 3.63) is 5.51 Å². The van der Waals surface area contributed by atoms with Crippen LogP contribution in [0.15, 0.2) is 5.51 Å². The van der Waals surface area contributed by atoms with E-state index < -0.39 is 0 Å². The summed E-state index contributed by atoms with van der Waals surface area (Å²) in [4.78, 5) is 2.36. The standard InChI is InChI=1S/C10H18N4OS/c1-15-6-4-11-7-9-3-2-5-14(9)10-13-12-8-16-10/h8-9,11H,2-7H2,1H3. The van der Waals surface area contributed by atoms with E-state index in [1.807, 2.05) is 0 Å². The summed E-state index contributed by atoms with van der Waals surface area (Å²) in [6.07, 6.45) is 2.48. The Hall–Kier alpha value is -0.720. The van der Waals surface area contributed by atoms with Gasteiger partial charge in [-0.05, 0) is 12.8 Å². The van der Waals surface area contributed by atoms with Crippen LogP contribution >= 0.6 is 11.3 Å². The highest BCUT2D eigenvalue weighted by Crippen LogP contribution is 2.25. The van der Waals surface area contributed by atoms with Crippen molar-refractivity contribution in [1.29, 1.82) is 0 Å². The molecule has 16 heavy (non-hydrogen) atoms. The van der Waals surface area contributed by atoms with Gasteiger partial charge in [0.05, 0.1) is 6.61 Å². The quantitative estimate of drug-likeness (QED) is 0.746. The van der Waals surface area contributed by atoms with E-state index in [1.165, 1.54) is 12.8 Å². The number of hydrogen-bond acceptors (Lipinski definition) is 6. The van der Waals surface area contributed by atoms with Gasteiger partial charge in [0.2, 0.25) is 5.13 Å². The Labute approximate surface area is 99.8 Å². The number of nitrogens with zero attached hydrogens (tertiary/aromatic N) is 3. The maximum absolute atomic E-state index is 5.01. The molecule has 1 aliphatic heterocycles. The second kappa shape index (κ2) is 6.12. The molecule has 0 aromatic carbocycles. The Balaban J connectivity index is 1.80. The third kappa shape index (κ3) is 2.90. The Morgan fingerprint density at radius 3 is 3.38 bits per heavy atom. The molecule has 0 aliphatic carbocycles. The highest BCUT2D eigenvalue weighted by molar-refractivity contribution is 7.13. The van der Waals surface area contributed by atoms with Crippen LogP contribution in [0.2, 0.25) is 0 Å². The number of methoxy groups -OCH3 is 1. The molecule has 1 saturated heterocycles. The van der Waals surface area contributed by atoms with Crippen molar-refractivity contribution in [3.63, 3.8) is 0 Å². The molecule has 1 fully saturated rings. The van der Waals surface area contributed by atoms with E-state index in [1.54, 1.807) is 24.0 Å². The van der Waals surface area contributed by atoms with Crippen molar-refractivity contribution in [2.75, 3.05) is 38.3 Å². The first kappa shape index (κ1) is 11.8. The molecule has 2 heterocycles. The Bertz CT molecular complexity index is 293. The van der Waals surface area contributed by atoms with Crippen molar-refractivity contribution in [2.45, 2.75) is 18.9 Å². The average molecular weight is 242 g/mol. The molecule has 0 spiro atoms. The van der Waals surface area contributed by atoms with Crippen LogP contribution in [-0.4, -0.2) is 49.6 Å². The molecular formula is C10H18N4OS. The highest BCUT2D eigenvalue weighted by Gasteiger charge is 2.25. The maximum atomic E-state index is 5.01. The molecule has 90 valence electrons. The predicted octanol–water partition coefficient (Wildman–Crippen LogP) is 0.743. The first-order chi connectivity index (χ1) is 7.92. The molecule has 6 heteroatoms. The molecule has 1 aromatic heterocycles. The summed E-state index contributed by atoms with van der Waals surface area (Å²) < 4.78 is 5.01. The number of rotatable bonds is 6. The van der Waals surface area contributed by atoms with E-state index in [9.17, 15) is 0 Å². The van der Waals surface area contributed by atoms with E-state index in [4.69, 9.17) is 4.74 Å². The minimum absolute atomic E-state index is 0.560. The number of aromatic nitrogens is 2. The van der Waals surface area contributed by atoms with Gasteiger partial charge < -0.3 is 15.0 Å². The fourth-order valence-electron chi connectivity index (χ4n) is 2.04. The summed E-state index contributed by atoms with van der Waals surface area (Å²) in [7, 11) is 1.73. The van der Waals surface area contributed by atoms with Gasteiger partial charge in [-0.15, -0.1) is 10.2 Å². The molecule has 1 atom stereocenters. The average Bonchev–Trinajstić information content (AvgIpc) is 2.94. The zero-order valence-electron chi connectivity index (χ0n) is 9.56. The number of ether oxygens (including phenoxy) is 1. The molecular weight excluding hydrogens is 224 g/mol. The third-order valence-electron chi connectivity index (χ3n) is 2.83. The minimum atomic E-state index is 0.560. The van der Waals surface area contributed by atoms with Gasteiger partial charge in [-0.3, -0.25) is 0 Å². The van der Waals surface area contributed by atoms with Gasteiger partial charge in [-0.1, -0.05) is 11.3 Å². The van der Waals surface area contributed by atoms with Crippen LogP contribution < -0.4 is 10.2 Å². The second-order valence-corrected chi connectivity index (χ2v) is 4.72. The first-order valence-corrected chi connectivity index (χ1v) is 6.52. The molecule has 1 aliphatic rings. The van der Waals surface area contributed by atoms with Crippen LogP contribution in [0, 0.1) is 0 Å². The SMILES string of the molecule is COCCNCC1CCCN1c1nncs1. The molecule has 1 aromatic rings. The van der Waals surface area contributed by atoms with Crippen molar-refractivity contribution < 1.29 is 4.74 Å². The fraction of sp³-hybridized carbons (Fsp3) is 0.800. The monoisotopic (exact) mass is 242 g/mol. The topological polar surface area (TPSA) is 50.3 Å². The Morgan fingerprint density at radius 2 is 2.62 bits per heavy atom. The van der Waals surface area contributed by atoms with Crippen LogP contribution in [-0.2, 0) is 4.74 Å². The van der Waals surface area contributed by atoms with Crippen molar-refractivity contribution in [2.24, 2.45) is 0 Å². The van der Waals surface area contributed by atoms with Gasteiger partial charge in [0, 0.05) is 32.8 Å². The van der Waals surface area contributed by atoms with Crippen molar-refractivity contribution in [3.8, 4) is 0 Å². The van der Waals surface area contributed by atoms with Gasteiger partial charge in [0.15, 0.2) is 0 Å². The van der Waals surface area contributed by atoms with E-state index in [2.05, 4.69) is 20.4 Å². The zero-order chi connectivity index (χ0) is 11.2. The van der Waals surface area contributed by atoms with E-state index >= 15 is 0 Å². The molecule has 0 amide bonds. The summed E-state index contributed by atoms with van der Waals surface area (Å²) in [6.45, 7) is 3.79. The van der Waals surface area contributed by atoms with Crippen LogP contribution in [0.4, 0.5) is 5.13 Å². The summed E-state index contributed by atoms with van der Waals surface area (Å²) >= 11 is 1.62. The van der Waals surface area contributed by atoms with Crippen LogP contribution in [0.1, 0.15) is 12.8 Å². The van der Waals surface area contributed by atoms with Gasteiger partial charge >= 0.3 is 0 Å². The minimum Gasteiger partial charge on any atom is -0.383 e. The van der Waals surface area contributed by atoms with Gasteiger partial charge in [-0.25, -0.2) is 0 Å². The summed E-state index contributed by atoms with van der Waals surface area (Å²) in [5.41, 5.74) is 1.79. The molecule has 1 unspecified atom stereocenters. The lowest BCUT2D eigenvalue weighted by Gasteiger charge is -2.23. The second-order valence-electron chi connectivity index (χ2n) is 3.91. The normalized spacial score (nSPS) is 20.6. The molecule has 0 bridgehead atoms. The van der Waals surface area contributed by atoms with Crippen LogP contribution in [0.5, 0.6) is 0 Å². The lowest BCUT2D eigenvalue weighted by Crippen LogP contribution is -2.38. The smallest absolute Gasteiger partial charge is 0.208 e. The third-order valence-corrected chi connectivity index (χ3v) is 3.56. The number of anilines is 1. The van der Waals surface area contributed by atoms with Gasteiger partial charge in [-0.2, -0.15) is 0 Å². The summed E-state index contributed by atoms with van der Waals surface area (Å²) in [6, 6.07) is 0.560. The summed E-state index contributed by atoms with van der Waals surface area (Å²) in [5, 5.41) is 12.5. The fourth-order valence-corrected chi connectivity index (χ4v) is 2.69. The van der Waals surface area contributed by atoms with Crippen LogP contribution in [0.25, 0.3) is 0 Å². The number of hydrogen-bond donors (Lipinski definition) is 1. The molecule has 0 saturated carbocycles. The van der Waals surface area contributed by atoms with E-state index in [0.29, 0.717) is 6.04 Å². The Morgan fingerprint density at radius 1 is 1.69 bits per heavy atom. The lowest BCUT2D eigenvalue weighted by molar-refractivity contribution is 0.199. The Kier molecular flexibility index (Phi) is 4.50. The van der Waals surface area contributed by atoms with Gasteiger partial charge in [0.25, 0.3) is 0 Å². The first-order valence-electron chi connectivity index (χ1n) is 5.64.